The van der Waals surface area contributed by atoms with Gasteiger partial charge >= 0.3 is 0 Å². The number of ether oxygens (including phenoxy) is 1. The highest BCUT2D eigenvalue weighted by atomic mass is 16.7. The Morgan fingerprint density at radius 1 is 1.29 bits per heavy atom. The number of methoxy groups -OCH3 is 1. The number of piperidine rings is 1. The maximum absolute atomic E-state index is 12.8. The number of carbonyl (C=O) groups excluding carboxylic acids is 2. The summed E-state index contributed by atoms with van der Waals surface area (Å²) in [5.74, 6) is 0.688. The lowest BCUT2D eigenvalue weighted by molar-refractivity contribution is -0.145. The Morgan fingerprint density at radius 3 is 2.64 bits per heavy atom. The molecular weight excluding hydrogens is 358 g/mol. The second-order valence-corrected chi connectivity index (χ2v) is 7.55. The van der Waals surface area contributed by atoms with Crippen molar-refractivity contribution in [1.29, 1.82) is 0 Å². The van der Waals surface area contributed by atoms with Crippen molar-refractivity contribution in [2.75, 3.05) is 25.5 Å². The summed E-state index contributed by atoms with van der Waals surface area (Å²) < 4.78 is 5.12. The summed E-state index contributed by atoms with van der Waals surface area (Å²) in [5, 5.41) is 6.91. The van der Waals surface area contributed by atoms with Crippen LogP contribution in [0.1, 0.15) is 46.0 Å². The quantitative estimate of drug-likeness (QED) is 0.813. The summed E-state index contributed by atoms with van der Waals surface area (Å²) in [6, 6.07) is 7.12. The number of likely N-dealkylation sites (tertiary alicyclic amines) is 1. The molecule has 7 heteroatoms. The van der Waals surface area contributed by atoms with Crippen molar-refractivity contribution >= 4 is 23.2 Å². The van der Waals surface area contributed by atoms with Crippen LogP contribution in [-0.4, -0.2) is 48.2 Å². The number of rotatable bonds is 6. The van der Waals surface area contributed by atoms with Crippen LogP contribution >= 0.6 is 0 Å². The lowest BCUT2D eigenvalue weighted by atomic mass is 9.87. The first-order valence-electron chi connectivity index (χ1n) is 9.99. The van der Waals surface area contributed by atoms with Crippen LogP contribution in [0.25, 0.3) is 0 Å². The van der Waals surface area contributed by atoms with E-state index in [0.717, 1.165) is 38.0 Å². The molecule has 0 saturated carbocycles. The van der Waals surface area contributed by atoms with E-state index in [1.54, 1.807) is 31.4 Å². The molecule has 2 aliphatic heterocycles. The summed E-state index contributed by atoms with van der Waals surface area (Å²) in [6.45, 7) is 5.32. The molecule has 1 saturated heterocycles. The fraction of sp³-hybridized carbons (Fsp3) is 0.571. The van der Waals surface area contributed by atoms with Crippen molar-refractivity contribution < 1.29 is 19.2 Å². The van der Waals surface area contributed by atoms with Crippen LogP contribution in [0.5, 0.6) is 5.75 Å². The fourth-order valence-electron chi connectivity index (χ4n) is 3.92. The Balaban J connectivity index is 1.60. The maximum Gasteiger partial charge on any atom is 0.273 e. The van der Waals surface area contributed by atoms with Crippen LogP contribution in [-0.2, 0) is 14.4 Å². The third kappa shape index (κ3) is 4.29. The van der Waals surface area contributed by atoms with Gasteiger partial charge in [0.25, 0.3) is 5.91 Å². The van der Waals surface area contributed by atoms with Gasteiger partial charge in [-0.3, -0.25) is 9.59 Å². The lowest BCUT2D eigenvalue weighted by Gasteiger charge is -2.39. The molecule has 152 valence electrons. The molecule has 1 N–H and O–H groups in total. The molecule has 0 radical (unpaired) electrons. The molecule has 7 nitrogen and oxygen atoms in total. The molecule has 2 aliphatic rings. The summed E-state index contributed by atoms with van der Waals surface area (Å²) in [7, 11) is 1.60. The van der Waals surface area contributed by atoms with Crippen LogP contribution in [0.3, 0.4) is 0 Å². The maximum atomic E-state index is 12.8. The van der Waals surface area contributed by atoms with E-state index in [9.17, 15) is 9.59 Å². The predicted molar refractivity (Wildman–Crippen MR) is 107 cm³/mol. The van der Waals surface area contributed by atoms with Gasteiger partial charge in [0.05, 0.1) is 13.7 Å². The molecule has 1 spiro atoms. The summed E-state index contributed by atoms with van der Waals surface area (Å²) in [5.41, 5.74) is 0.461. The Morgan fingerprint density at radius 2 is 2.00 bits per heavy atom. The minimum absolute atomic E-state index is 0.0512. The first-order valence-corrected chi connectivity index (χ1v) is 9.99. The van der Waals surface area contributed by atoms with Crippen molar-refractivity contribution in [3.05, 3.63) is 24.3 Å². The Hall–Kier alpha value is -2.57. The van der Waals surface area contributed by atoms with Crippen molar-refractivity contribution in [2.24, 2.45) is 11.1 Å². The van der Waals surface area contributed by atoms with Gasteiger partial charge in [0.1, 0.15) is 11.5 Å². The van der Waals surface area contributed by atoms with Gasteiger partial charge in [-0.05, 0) is 49.9 Å². The average Bonchev–Trinajstić information content (AvgIpc) is 3.12. The normalized spacial score (nSPS) is 21.4. The minimum Gasteiger partial charge on any atom is -0.497 e. The van der Waals surface area contributed by atoms with Crippen LogP contribution in [0.15, 0.2) is 29.4 Å². The summed E-state index contributed by atoms with van der Waals surface area (Å²) in [6.07, 6.45) is 3.75. The van der Waals surface area contributed by atoms with E-state index >= 15 is 0 Å². The summed E-state index contributed by atoms with van der Waals surface area (Å²) >= 11 is 0. The number of oxime groups is 1. The number of nitrogens with one attached hydrogen (secondary N) is 1. The Labute approximate surface area is 166 Å². The SMILES string of the molecule is CCC(CC)C(=O)N1CCCC2(CC(C(=O)Nc3ccc(OC)cc3)=NO2)C1. The van der Waals surface area contributed by atoms with E-state index < -0.39 is 5.60 Å². The predicted octanol–water partition coefficient (Wildman–Crippen LogP) is 3.21. The van der Waals surface area contributed by atoms with E-state index in [4.69, 9.17) is 9.57 Å². The highest BCUT2D eigenvalue weighted by Gasteiger charge is 2.46. The largest absolute Gasteiger partial charge is 0.497 e. The zero-order chi connectivity index (χ0) is 20.1. The molecule has 1 aromatic rings. The van der Waals surface area contributed by atoms with Gasteiger partial charge in [-0.25, -0.2) is 0 Å². The minimum atomic E-state index is -0.577. The first-order chi connectivity index (χ1) is 13.5. The second-order valence-electron chi connectivity index (χ2n) is 7.55. The zero-order valence-corrected chi connectivity index (χ0v) is 16.9. The average molecular weight is 387 g/mol. The first kappa shape index (κ1) is 20.2. The molecule has 3 rings (SSSR count). The molecule has 1 aromatic carbocycles. The smallest absolute Gasteiger partial charge is 0.273 e. The van der Waals surface area contributed by atoms with E-state index in [0.29, 0.717) is 24.4 Å². The lowest BCUT2D eigenvalue weighted by Crippen LogP contribution is -2.52. The number of nitrogens with zero attached hydrogens (tertiary/aromatic N) is 2. The zero-order valence-electron chi connectivity index (χ0n) is 16.9. The topological polar surface area (TPSA) is 80.2 Å². The van der Waals surface area contributed by atoms with Gasteiger partial charge in [-0.1, -0.05) is 19.0 Å². The molecule has 0 aliphatic carbocycles. The van der Waals surface area contributed by atoms with Crippen molar-refractivity contribution in [1.82, 2.24) is 4.90 Å². The molecule has 2 heterocycles. The molecule has 0 aromatic heterocycles. The van der Waals surface area contributed by atoms with E-state index in [2.05, 4.69) is 10.5 Å². The van der Waals surface area contributed by atoms with Gasteiger partial charge in [-0.15, -0.1) is 0 Å². The number of hydrogen-bond acceptors (Lipinski definition) is 5. The highest BCUT2D eigenvalue weighted by molar-refractivity contribution is 6.43. The van der Waals surface area contributed by atoms with Gasteiger partial charge in [0.15, 0.2) is 5.60 Å². The van der Waals surface area contributed by atoms with E-state index in [1.807, 2.05) is 18.7 Å². The molecular formula is C21H29N3O4. The number of amides is 2. The van der Waals surface area contributed by atoms with Crippen LogP contribution < -0.4 is 10.1 Å². The van der Waals surface area contributed by atoms with Gasteiger partial charge in [0, 0.05) is 24.6 Å². The molecule has 0 bridgehead atoms. The Bertz CT molecular complexity index is 743. The number of carbonyl (C=O) groups is 2. The van der Waals surface area contributed by atoms with Crippen molar-refractivity contribution in [3.63, 3.8) is 0 Å². The second kappa shape index (κ2) is 8.63. The third-order valence-electron chi connectivity index (χ3n) is 5.64. The third-order valence-corrected chi connectivity index (χ3v) is 5.64. The van der Waals surface area contributed by atoms with E-state index in [-0.39, 0.29) is 17.7 Å². The number of anilines is 1. The fourth-order valence-corrected chi connectivity index (χ4v) is 3.92. The van der Waals surface area contributed by atoms with E-state index in [1.165, 1.54) is 0 Å². The molecule has 1 unspecified atom stereocenters. The highest BCUT2D eigenvalue weighted by Crippen LogP contribution is 2.34. The van der Waals surface area contributed by atoms with Crippen LogP contribution in [0.2, 0.25) is 0 Å². The van der Waals surface area contributed by atoms with Gasteiger partial charge < -0.3 is 19.8 Å². The number of benzene rings is 1. The monoisotopic (exact) mass is 387 g/mol. The van der Waals surface area contributed by atoms with Gasteiger partial charge in [-0.2, -0.15) is 0 Å². The standard InChI is InChI=1S/C21H29N3O4/c1-4-15(5-2)20(26)24-12-6-11-21(14-24)13-18(23-28-21)19(25)22-16-7-9-17(27-3)10-8-16/h7-10,15H,4-6,11-14H2,1-3H3,(H,22,25). The van der Waals surface area contributed by atoms with Crippen LogP contribution in [0, 0.1) is 5.92 Å². The Kier molecular flexibility index (Phi) is 6.21. The molecule has 1 atom stereocenters. The number of hydrogen-bond donors (Lipinski definition) is 1. The van der Waals surface area contributed by atoms with Crippen molar-refractivity contribution in [3.8, 4) is 5.75 Å². The van der Waals surface area contributed by atoms with Gasteiger partial charge in [0.2, 0.25) is 5.91 Å². The molecule has 28 heavy (non-hydrogen) atoms. The van der Waals surface area contributed by atoms with Crippen molar-refractivity contribution in [2.45, 2.75) is 51.6 Å². The molecule has 1 fully saturated rings. The van der Waals surface area contributed by atoms with Crippen LogP contribution in [0.4, 0.5) is 5.69 Å². The molecule has 2 amide bonds. The summed E-state index contributed by atoms with van der Waals surface area (Å²) in [4.78, 5) is 33.0.